The largest absolute Gasteiger partial charge is 0.385 e. The van der Waals surface area contributed by atoms with Crippen LogP contribution in [0.4, 0.5) is 5.69 Å². The molecule has 7 heteroatoms. The molecular formula is C19H24N2O4S. The van der Waals surface area contributed by atoms with E-state index in [2.05, 4.69) is 10.0 Å². The van der Waals surface area contributed by atoms with E-state index in [9.17, 15) is 13.2 Å². The number of amides is 1. The van der Waals surface area contributed by atoms with Crippen molar-refractivity contribution >= 4 is 21.6 Å². The zero-order valence-corrected chi connectivity index (χ0v) is 16.0. The summed E-state index contributed by atoms with van der Waals surface area (Å²) in [6.45, 7) is 4.69. The van der Waals surface area contributed by atoms with Crippen molar-refractivity contribution in [1.29, 1.82) is 0 Å². The zero-order chi connectivity index (χ0) is 19.2. The van der Waals surface area contributed by atoms with Crippen molar-refractivity contribution in [2.45, 2.75) is 25.2 Å². The van der Waals surface area contributed by atoms with Crippen LogP contribution in [0.5, 0.6) is 0 Å². The lowest BCUT2D eigenvalue weighted by Gasteiger charge is -2.10. The van der Waals surface area contributed by atoms with Gasteiger partial charge in [-0.25, -0.2) is 13.1 Å². The maximum atomic E-state index is 12.4. The molecule has 1 amide bonds. The van der Waals surface area contributed by atoms with E-state index in [1.54, 1.807) is 7.11 Å². The molecule has 0 bridgehead atoms. The summed E-state index contributed by atoms with van der Waals surface area (Å²) < 4.78 is 31.8. The fourth-order valence-corrected chi connectivity index (χ4v) is 3.51. The highest BCUT2D eigenvalue weighted by atomic mass is 32.2. The van der Waals surface area contributed by atoms with Gasteiger partial charge in [-0.3, -0.25) is 4.79 Å². The first-order chi connectivity index (χ1) is 12.3. The van der Waals surface area contributed by atoms with Crippen LogP contribution in [0.3, 0.4) is 0 Å². The van der Waals surface area contributed by atoms with Crippen molar-refractivity contribution in [3.8, 4) is 0 Å². The van der Waals surface area contributed by atoms with Gasteiger partial charge in [-0.1, -0.05) is 17.7 Å². The molecule has 0 aromatic heterocycles. The highest BCUT2D eigenvalue weighted by Crippen LogP contribution is 2.18. The molecule has 0 aliphatic rings. The quantitative estimate of drug-likeness (QED) is 0.694. The van der Waals surface area contributed by atoms with Crippen LogP contribution in [-0.2, 0) is 14.8 Å². The first-order valence-corrected chi connectivity index (χ1v) is 9.79. The molecule has 2 rings (SSSR count). The molecular weight excluding hydrogens is 352 g/mol. The van der Waals surface area contributed by atoms with Gasteiger partial charge in [0, 0.05) is 31.5 Å². The summed E-state index contributed by atoms with van der Waals surface area (Å²) in [7, 11) is -2.02. The summed E-state index contributed by atoms with van der Waals surface area (Å²) in [6, 6.07) is 11.6. The number of carbonyl (C=O) groups is 1. The number of methoxy groups -OCH3 is 1. The summed E-state index contributed by atoms with van der Waals surface area (Å²) in [6.07, 6.45) is 0.589. The Hall–Kier alpha value is -2.22. The second-order valence-electron chi connectivity index (χ2n) is 6.04. The van der Waals surface area contributed by atoms with Crippen LogP contribution < -0.4 is 10.0 Å². The predicted molar refractivity (Wildman–Crippen MR) is 102 cm³/mol. The van der Waals surface area contributed by atoms with Gasteiger partial charge >= 0.3 is 0 Å². The number of ether oxygens (including phenoxy) is 1. The van der Waals surface area contributed by atoms with E-state index in [1.807, 2.05) is 32.0 Å². The number of carbonyl (C=O) groups excluding carboxylic acids is 1. The van der Waals surface area contributed by atoms with Gasteiger partial charge in [0.1, 0.15) is 0 Å². The SMILES string of the molecule is COCCCNS(=O)(=O)c1ccc(C(=O)Nc2ccc(C)cc2C)cc1. The summed E-state index contributed by atoms with van der Waals surface area (Å²) in [5, 5.41) is 2.84. The van der Waals surface area contributed by atoms with Gasteiger partial charge < -0.3 is 10.1 Å². The molecule has 0 aliphatic carbocycles. The fourth-order valence-electron chi connectivity index (χ4n) is 2.44. The van der Waals surface area contributed by atoms with E-state index in [0.29, 0.717) is 25.1 Å². The summed E-state index contributed by atoms with van der Waals surface area (Å²) in [4.78, 5) is 12.5. The van der Waals surface area contributed by atoms with Crippen LogP contribution in [0.2, 0.25) is 0 Å². The molecule has 6 nitrogen and oxygen atoms in total. The molecule has 140 valence electrons. The highest BCUT2D eigenvalue weighted by molar-refractivity contribution is 7.89. The standard InChI is InChI=1S/C19H24N2O4S/c1-14-5-10-18(15(2)13-14)21-19(22)16-6-8-17(9-7-16)26(23,24)20-11-4-12-25-3/h5-10,13,20H,4,11-12H2,1-3H3,(H,21,22). The van der Waals surface area contributed by atoms with E-state index in [-0.39, 0.29) is 10.8 Å². The molecule has 26 heavy (non-hydrogen) atoms. The number of sulfonamides is 1. The third kappa shape index (κ3) is 5.39. The lowest BCUT2D eigenvalue weighted by Crippen LogP contribution is -2.25. The molecule has 2 aromatic carbocycles. The molecule has 0 saturated heterocycles. The van der Waals surface area contributed by atoms with Crippen molar-refractivity contribution in [1.82, 2.24) is 4.72 Å². The molecule has 0 unspecified atom stereocenters. The zero-order valence-electron chi connectivity index (χ0n) is 15.2. The second kappa shape index (κ2) is 8.93. The average molecular weight is 376 g/mol. The molecule has 0 aliphatic heterocycles. The van der Waals surface area contributed by atoms with Crippen molar-refractivity contribution < 1.29 is 17.9 Å². The minimum Gasteiger partial charge on any atom is -0.385 e. The topological polar surface area (TPSA) is 84.5 Å². The molecule has 0 spiro atoms. The molecule has 0 atom stereocenters. The van der Waals surface area contributed by atoms with Gasteiger partial charge in [-0.2, -0.15) is 0 Å². The van der Waals surface area contributed by atoms with Gasteiger partial charge in [0.25, 0.3) is 5.91 Å². The van der Waals surface area contributed by atoms with E-state index in [0.717, 1.165) is 16.8 Å². The molecule has 0 fully saturated rings. The Morgan fingerprint density at radius 1 is 1.08 bits per heavy atom. The van der Waals surface area contributed by atoms with Crippen LogP contribution in [0.25, 0.3) is 0 Å². The van der Waals surface area contributed by atoms with Crippen LogP contribution in [-0.4, -0.2) is 34.6 Å². The number of benzene rings is 2. The maximum Gasteiger partial charge on any atom is 0.255 e. The van der Waals surface area contributed by atoms with Crippen LogP contribution in [0.15, 0.2) is 47.4 Å². The number of aryl methyl sites for hydroxylation is 2. The van der Waals surface area contributed by atoms with Crippen molar-refractivity contribution in [2.24, 2.45) is 0 Å². The minimum atomic E-state index is -3.59. The normalized spacial score (nSPS) is 11.3. The Morgan fingerprint density at radius 3 is 2.38 bits per heavy atom. The van der Waals surface area contributed by atoms with Crippen molar-refractivity contribution in [2.75, 3.05) is 25.6 Å². The van der Waals surface area contributed by atoms with Gasteiger partial charge in [-0.05, 0) is 56.2 Å². The fraction of sp³-hybridized carbons (Fsp3) is 0.316. The van der Waals surface area contributed by atoms with Crippen LogP contribution in [0, 0.1) is 13.8 Å². The highest BCUT2D eigenvalue weighted by Gasteiger charge is 2.15. The average Bonchev–Trinajstić information content (AvgIpc) is 2.61. The second-order valence-corrected chi connectivity index (χ2v) is 7.81. The van der Waals surface area contributed by atoms with E-state index >= 15 is 0 Å². The predicted octanol–water partition coefficient (Wildman–Crippen LogP) is 2.87. The summed E-state index contributed by atoms with van der Waals surface area (Å²) >= 11 is 0. The molecule has 0 heterocycles. The number of anilines is 1. The first-order valence-electron chi connectivity index (χ1n) is 8.31. The third-order valence-corrected chi connectivity index (χ3v) is 5.35. The minimum absolute atomic E-state index is 0.123. The summed E-state index contributed by atoms with van der Waals surface area (Å²) in [5.41, 5.74) is 3.21. The Balaban J connectivity index is 2.05. The maximum absolute atomic E-state index is 12.4. The monoisotopic (exact) mass is 376 g/mol. The van der Waals surface area contributed by atoms with E-state index < -0.39 is 10.0 Å². The van der Waals surface area contributed by atoms with E-state index in [4.69, 9.17) is 4.74 Å². The lowest BCUT2D eigenvalue weighted by molar-refractivity contribution is 0.102. The number of rotatable bonds is 8. The van der Waals surface area contributed by atoms with Gasteiger partial charge in [0.15, 0.2) is 0 Å². The third-order valence-electron chi connectivity index (χ3n) is 3.87. The smallest absolute Gasteiger partial charge is 0.255 e. The first kappa shape index (κ1) is 20.1. The Labute approximate surface area is 154 Å². The Bertz CT molecular complexity index is 862. The van der Waals surface area contributed by atoms with E-state index in [1.165, 1.54) is 24.3 Å². The molecule has 0 saturated carbocycles. The Morgan fingerprint density at radius 2 is 1.77 bits per heavy atom. The summed E-state index contributed by atoms with van der Waals surface area (Å²) in [5.74, 6) is -0.283. The van der Waals surface area contributed by atoms with Gasteiger partial charge in [0.05, 0.1) is 4.90 Å². The number of hydrogen-bond acceptors (Lipinski definition) is 4. The molecule has 2 N–H and O–H groups in total. The van der Waals surface area contributed by atoms with Crippen LogP contribution in [0.1, 0.15) is 27.9 Å². The van der Waals surface area contributed by atoms with Gasteiger partial charge in [-0.15, -0.1) is 0 Å². The number of nitrogens with one attached hydrogen (secondary N) is 2. The van der Waals surface area contributed by atoms with Crippen LogP contribution >= 0.6 is 0 Å². The number of hydrogen-bond donors (Lipinski definition) is 2. The molecule has 2 aromatic rings. The van der Waals surface area contributed by atoms with Crippen molar-refractivity contribution in [3.05, 3.63) is 59.2 Å². The molecule has 0 radical (unpaired) electrons. The lowest BCUT2D eigenvalue weighted by atomic mass is 10.1. The van der Waals surface area contributed by atoms with Crippen molar-refractivity contribution in [3.63, 3.8) is 0 Å². The Kier molecular flexibility index (Phi) is 6.90. The van der Waals surface area contributed by atoms with Gasteiger partial charge in [0.2, 0.25) is 10.0 Å².